The second kappa shape index (κ2) is 6.14. The van der Waals surface area contributed by atoms with E-state index in [2.05, 4.69) is 17.1 Å². The van der Waals surface area contributed by atoms with Crippen LogP contribution in [0, 0.1) is 0 Å². The van der Waals surface area contributed by atoms with E-state index in [9.17, 15) is 0 Å². The zero-order valence-corrected chi connectivity index (χ0v) is 12.8. The number of nitrogens with zero attached hydrogens (tertiary/aromatic N) is 1. The van der Waals surface area contributed by atoms with Gasteiger partial charge in [0.1, 0.15) is 5.75 Å². The number of rotatable bonds is 5. The van der Waals surface area contributed by atoms with E-state index >= 15 is 0 Å². The highest BCUT2D eigenvalue weighted by Crippen LogP contribution is 2.27. The molecule has 0 bridgehead atoms. The zero-order chi connectivity index (χ0) is 14.7. The van der Waals surface area contributed by atoms with Crippen molar-refractivity contribution < 1.29 is 4.74 Å². The molecule has 0 aliphatic carbocycles. The number of para-hydroxylation sites is 1. The van der Waals surface area contributed by atoms with E-state index in [1.54, 1.807) is 11.3 Å². The summed E-state index contributed by atoms with van der Waals surface area (Å²) < 4.78 is 6.71. The molecule has 1 heterocycles. The van der Waals surface area contributed by atoms with Gasteiger partial charge in [0.05, 0.1) is 21.8 Å². The van der Waals surface area contributed by atoms with Gasteiger partial charge >= 0.3 is 0 Å². The largest absolute Gasteiger partial charge is 0.494 e. The number of ether oxygens (including phenoxy) is 1. The normalized spacial score (nSPS) is 10.9. The molecule has 3 rings (SSSR count). The second-order valence-corrected chi connectivity index (χ2v) is 5.98. The predicted molar refractivity (Wildman–Crippen MR) is 89.1 cm³/mol. The number of aromatic nitrogens is 1. The Kier molecular flexibility index (Phi) is 4.06. The predicted octanol–water partition coefficient (Wildman–Crippen LogP) is 4.06. The van der Waals surface area contributed by atoms with Gasteiger partial charge in [-0.15, -0.1) is 11.3 Å². The maximum absolute atomic E-state index is 5.98. The summed E-state index contributed by atoms with van der Waals surface area (Å²) in [4.78, 5) is 4.68. The molecular formula is C17H18N2OS. The fraction of sp³-hybridized carbons (Fsp3) is 0.235. The van der Waals surface area contributed by atoms with Crippen LogP contribution in [0.1, 0.15) is 17.5 Å². The lowest BCUT2D eigenvalue weighted by molar-refractivity contribution is 0.341. The van der Waals surface area contributed by atoms with Crippen molar-refractivity contribution in [2.24, 2.45) is 0 Å². The van der Waals surface area contributed by atoms with Gasteiger partial charge in [-0.25, -0.2) is 4.98 Å². The summed E-state index contributed by atoms with van der Waals surface area (Å²) >= 11 is 1.73. The van der Waals surface area contributed by atoms with Crippen molar-refractivity contribution in [1.29, 1.82) is 0 Å². The number of hydrogen-bond acceptors (Lipinski definition) is 4. The standard InChI is InChI=1S/C17H18N2OS/c1-2-20-13-8-9-15-16(11-13)21-17(19-15)10-7-12-5-3-4-6-14(12)18/h3-6,8-9,11H,2,7,10,18H2,1H3. The number of nitrogen functional groups attached to an aromatic ring is 1. The van der Waals surface area contributed by atoms with Gasteiger partial charge in [-0.2, -0.15) is 0 Å². The molecule has 0 saturated heterocycles. The fourth-order valence-electron chi connectivity index (χ4n) is 2.32. The van der Waals surface area contributed by atoms with Gasteiger partial charge in [0, 0.05) is 12.1 Å². The topological polar surface area (TPSA) is 48.1 Å². The summed E-state index contributed by atoms with van der Waals surface area (Å²) in [6.45, 7) is 2.68. The minimum atomic E-state index is 0.685. The summed E-state index contributed by atoms with van der Waals surface area (Å²) in [7, 11) is 0. The molecule has 3 nitrogen and oxygen atoms in total. The van der Waals surface area contributed by atoms with Crippen LogP contribution in [-0.2, 0) is 12.8 Å². The van der Waals surface area contributed by atoms with Crippen molar-refractivity contribution >= 4 is 27.2 Å². The van der Waals surface area contributed by atoms with Gasteiger partial charge in [-0.3, -0.25) is 0 Å². The van der Waals surface area contributed by atoms with E-state index in [0.29, 0.717) is 6.61 Å². The SMILES string of the molecule is CCOc1ccc2nc(CCc3ccccc3N)sc2c1. The zero-order valence-electron chi connectivity index (χ0n) is 12.0. The number of hydrogen-bond donors (Lipinski definition) is 1. The third-order valence-electron chi connectivity index (χ3n) is 3.38. The molecule has 0 fully saturated rings. The molecule has 2 aromatic carbocycles. The number of aryl methyl sites for hydroxylation is 2. The highest BCUT2D eigenvalue weighted by atomic mass is 32.1. The average Bonchev–Trinajstić information content (AvgIpc) is 2.89. The summed E-state index contributed by atoms with van der Waals surface area (Å²) in [5.74, 6) is 0.910. The molecule has 0 amide bonds. The lowest BCUT2D eigenvalue weighted by Gasteiger charge is -2.02. The maximum Gasteiger partial charge on any atom is 0.120 e. The molecule has 21 heavy (non-hydrogen) atoms. The first kappa shape index (κ1) is 13.9. The number of fused-ring (bicyclic) bond motifs is 1. The number of benzene rings is 2. The highest BCUT2D eigenvalue weighted by molar-refractivity contribution is 7.18. The molecule has 4 heteroatoms. The molecule has 0 unspecified atom stereocenters. The quantitative estimate of drug-likeness (QED) is 0.723. The van der Waals surface area contributed by atoms with E-state index in [1.165, 1.54) is 10.3 Å². The van der Waals surface area contributed by atoms with Crippen molar-refractivity contribution in [3.05, 3.63) is 53.0 Å². The van der Waals surface area contributed by atoms with Gasteiger partial charge in [0.15, 0.2) is 0 Å². The van der Waals surface area contributed by atoms with Gasteiger partial charge in [0.25, 0.3) is 0 Å². The van der Waals surface area contributed by atoms with Gasteiger partial charge in [-0.1, -0.05) is 18.2 Å². The summed E-state index contributed by atoms with van der Waals surface area (Å²) in [6.07, 6.45) is 1.84. The van der Waals surface area contributed by atoms with Crippen LogP contribution in [0.25, 0.3) is 10.2 Å². The van der Waals surface area contributed by atoms with E-state index in [1.807, 2.05) is 37.3 Å². The van der Waals surface area contributed by atoms with E-state index in [0.717, 1.165) is 34.8 Å². The van der Waals surface area contributed by atoms with E-state index < -0.39 is 0 Å². The molecule has 0 saturated carbocycles. The molecule has 0 atom stereocenters. The molecule has 2 N–H and O–H groups in total. The van der Waals surface area contributed by atoms with E-state index in [4.69, 9.17) is 10.5 Å². The monoisotopic (exact) mass is 298 g/mol. The molecule has 0 aliphatic heterocycles. The minimum absolute atomic E-state index is 0.685. The summed E-state index contributed by atoms with van der Waals surface area (Å²) in [5.41, 5.74) is 9.07. The van der Waals surface area contributed by atoms with Crippen molar-refractivity contribution in [2.45, 2.75) is 19.8 Å². The van der Waals surface area contributed by atoms with Crippen molar-refractivity contribution in [3.8, 4) is 5.75 Å². The molecule has 0 aliphatic rings. The Labute approximate surface area is 128 Å². The minimum Gasteiger partial charge on any atom is -0.494 e. The Balaban J connectivity index is 1.77. The highest BCUT2D eigenvalue weighted by Gasteiger charge is 2.06. The maximum atomic E-state index is 5.98. The molecule has 0 radical (unpaired) electrons. The molecule has 3 aromatic rings. The fourth-order valence-corrected chi connectivity index (χ4v) is 3.31. The van der Waals surface area contributed by atoms with E-state index in [-0.39, 0.29) is 0 Å². The molecule has 0 spiro atoms. The van der Waals surface area contributed by atoms with Gasteiger partial charge in [-0.05, 0) is 43.2 Å². The van der Waals surface area contributed by atoms with Crippen LogP contribution in [-0.4, -0.2) is 11.6 Å². The van der Waals surface area contributed by atoms with Gasteiger partial charge in [0.2, 0.25) is 0 Å². The van der Waals surface area contributed by atoms with Crippen molar-refractivity contribution in [1.82, 2.24) is 4.98 Å². The molecule has 108 valence electrons. The van der Waals surface area contributed by atoms with Crippen LogP contribution >= 0.6 is 11.3 Å². The van der Waals surface area contributed by atoms with Gasteiger partial charge < -0.3 is 10.5 Å². The van der Waals surface area contributed by atoms with Crippen molar-refractivity contribution in [2.75, 3.05) is 12.3 Å². The first-order valence-electron chi connectivity index (χ1n) is 7.12. The third-order valence-corrected chi connectivity index (χ3v) is 4.46. The van der Waals surface area contributed by atoms with Crippen LogP contribution in [0.5, 0.6) is 5.75 Å². The Bertz CT molecular complexity index is 751. The van der Waals surface area contributed by atoms with Crippen LogP contribution in [0.3, 0.4) is 0 Å². The first-order chi connectivity index (χ1) is 10.3. The summed E-state index contributed by atoms with van der Waals surface area (Å²) in [5, 5.41) is 1.14. The smallest absolute Gasteiger partial charge is 0.120 e. The van der Waals surface area contributed by atoms with Crippen LogP contribution in [0.2, 0.25) is 0 Å². The van der Waals surface area contributed by atoms with Crippen LogP contribution in [0.15, 0.2) is 42.5 Å². The Morgan fingerprint density at radius 1 is 1.14 bits per heavy atom. The number of nitrogens with two attached hydrogens (primary N) is 1. The Morgan fingerprint density at radius 3 is 2.81 bits per heavy atom. The average molecular weight is 298 g/mol. The van der Waals surface area contributed by atoms with Crippen LogP contribution < -0.4 is 10.5 Å². The lowest BCUT2D eigenvalue weighted by atomic mass is 10.1. The first-order valence-corrected chi connectivity index (χ1v) is 7.93. The van der Waals surface area contributed by atoms with Crippen molar-refractivity contribution in [3.63, 3.8) is 0 Å². The third kappa shape index (κ3) is 3.16. The number of thiazole rings is 1. The second-order valence-electron chi connectivity index (χ2n) is 4.87. The Hall–Kier alpha value is -2.07. The Morgan fingerprint density at radius 2 is 2.00 bits per heavy atom. The number of anilines is 1. The lowest BCUT2D eigenvalue weighted by Crippen LogP contribution is -1.96. The molecule has 1 aromatic heterocycles. The molecular weight excluding hydrogens is 280 g/mol. The summed E-state index contributed by atoms with van der Waals surface area (Å²) in [6, 6.07) is 14.1. The van der Waals surface area contributed by atoms with Crippen LogP contribution in [0.4, 0.5) is 5.69 Å².